The number of nitrogens with one attached hydrogen (secondary N) is 1. The first-order valence-electron chi connectivity index (χ1n) is 10.4. The minimum absolute atomic E-state index is 0.300. The third-order valence-electron chi connectivity index (χ3n) is 4.72. The first-order valence-corrected chi connectivity index (χ1v) is 10.4. The summed E-state index contributed by atoms with van der Waals surface area (Å²) in [6, 6.07) is 2.11. The molecule has 0 spiro atoms. The Kier molecular flexibility index (Phi) is 9.71. The summed E-state index contributed by atoms with van der Waals surface area (Å²) in [5, 5.41) is 3.24. The van der Waals surface area contributed by atoms with Crippen LogP contribution in [0.3, 0.4) is 0 Å². The van der Waals surface area contributed by atoms with E-state index in [0.29, 0.717) is 0 Å². The van der Waals surface area contributed by atoms with Gasteiger partial charge in [0.15, 0.2) is 0 Å². The predicted molar refractivity (Wildman–Crippen MR) is 106 cm³/mol. The first kappa shape index (κ1) is 20.0. The highest BCUT2D eigenvalue weighted by Gasteiger charge is 2.18. The van der Waals surface area contributed by atoms with Gasteiger partial charge in [0.05, 0.1) is 12.2 Å². The summed E-state index contributed by atoms with van der Waals surface area (Å²) in [6.07, 6.45) is 16.8. The molecule has 0 aliphatic carbocycles. The van der Waals surface area contributed by atoms with E-state index in [1.807, 2.05) is 6.21 Å². The molecule has 4 heteroatoms. The minimum atomic E-state index is -0.300. The smallest absolute Gasteiger partial charge is 0.227 e. The van der Waals surface area contributed by atoms with Crippen LogP contribution in [0, 0.1) is 0 Å². The second-order valence-electron chi connectivity index (χ2n) is 7.07. The van der Waals surface area contributed by atoms with E-state index in [-0.39, 0.29) is 6.35 Å². The fourth-order valence-corrected chi connectivity index (χ4v) is 3.15. The predicted octanol–water partition coefficient (Wildman–Crippen LogP) is 6.30. The van der Waals surface area contributed by atoms with Crippen LogP contribution in [-0.2, 0) is 11.2 Å². The molecule has 0 aromatic carbocycles. The lowest BCUT2D eigenvalue weighted by Gasteiger charge is -2.18. The summed E-state index contributed by atoms with van der Waals surface area (Å²) < 4.78 is 11.7. The Balaban J connectivity index is 1.61. The van der Waals surface area contributed by atoms with Crippen LogP contribution in [0.4, 0.5) is 5.88 Å². The molecule has 1 aliphatic heterocycles. The summed E-state index contributed by atoms with van der Waals surface area (Å²) in [6.45, 7) is 5.20. The fourth-order valence-electron chi connectivity index (χ4n) is 3.15. The topological polar surface area (TPSA) is 46.8 Å². The van der Waals surface area contributed by atoms with Gasteiger partial charge in [-0.1, -0.05) is 71.6 Å². The van der Waals surface area contributed by atoms with Gasteiger partial charge in [-0.3, -0.25) is 0 Å². The number of hydrogen-bond donors (Lipinski definition) is 1. The fraction of sp³-hybridized carbons (Fsp3) is 0.762. The zero-order valence-electron chi connectivity index (χ0n) is 16.2. The van der Waals surface area contributed by atoms with Gasteiger partial charge < -0.3 is 14.5 Å². The molecular weight excluding hydrogens is 312 g/mol. The lowest BCUT2D eigenvalue weighted by Crippen LogP contribution is -2.24. The molecule has 1 atom stereocenters. The van der Waals surface area contributed by atoms with Crippen molar-refractivity contribution in [1.29, 1.82) is 0 Å². The van der Waals surface area contributed by atoms with Crippen molar-refractivity contribution < 1.29 is 9.15 Å². The van der Waals surface area contributed by atoms with E-state index in [9.17, 15) is 0 Å². The molecule has 25 heavy (non-hydrogen) atoms. The second-order valence-corrected chi connectivity index (χ2v) is 7.07. The number of hydrogen-bond acceptors (Lipinski definition) is 4. The van der Waals surface area contributed by atoms with Crippen molar-refractivity contribution in [3.05, 3.63) is 17.4 Å². The Labute approximate surface area is 153 Å². The lowest BCUT2D eigenvalue weighted by atomic mass is 10.1. The molecule has 0 fully saturated rings. The van der Waals surface area contributed by atoms with Crippen LogP contribution >= 0.6 is 0 Å². The van der Waals surface area contributed by atoms with Gasteiger partial charge in [-0.2, -0.15) is 0 Å². The zero-order chi connectivity index (χ0) is 17.7. The van der Waals surface area contributed by atoms with Gasteiger partial charge in [0.1, 0.15) is 5.76 Å². The van der Waals surface area contributed by atoms with Gasteiger partial charge in [0, 0.05) is 12.6 Å². The molecule has 0 radical (unpaired) electrons. The number of fused-ring (bicyclic) bond motifs is 1. The number of ether oxygens (including phenoxy) is 1. The molecule has 0 saturated heterocycles. The number of rotatable bonds is 14. The maximum atomic E-state index is 5.94. The molecule has 0 amide bonds. The number of aliphatic imine (C=N–C) groups is 1. The summed E-state index contributed by atoms with van der Waals surface area (Å²) in [4.78, 5) is 4.41. The number of aryl methyl sites for hydroxylation is 1. The SMILES string of the molecule is CCCCCCCCCCc1cc2c(o1)NC(OCCCCC)N=C2. The van der Waals surface area contributed by atoms with Gasteiger partial charge in [-0.25, -0.2) is 4.99 Å². The van der Waals surface area contributed by atoms with Crippen LogP contribution in [0.15, 0.2) is 15.5 Å². The molecule has 0 bridgehead atoms. The quantitative estimate of drug-likeness (QED) is 0.401. The third-order valence-corrected chi connectivity index (χ3v) is 4.72. The van der Waals surface area contributed by atoms with E-state index in [1.165, 1.54) is 64.2 Å². The zero-order valence-corrected chi connectivity index (χ0v) is 16.2. The van der Waals surface area contributed by atoms with Gasteiger partial charge >= 0.3 is 0 Å². The van der Waals surface area contributed by atoms with Crippen molar-refractivity contribution in [2.24, 2.45) is 4.99 Å². The van der Waals surface area contributed by atoms with Crippen molar-refractivity contribution in [3.8, 4) is 0 Å². The molecule has 1 unspecified atom stereocenters. The highest BCUT2D eigenvalue weighted by Crippen LogP contribution is 2.25. The van der Waals surface area contributed by atoms with Crippen molar-refractivity contribution in [1.82, 2.24) is 0 Å². The molecule has 2 heterocycles. The van der Waals surface area contributed by atoms with Crippen LogP contribution in [0.2, 0.25) is 0 Å². The highest BCUT2D eigenvalue weighted by atomic mass is 16.5. The van der Waals surface area contributed by atoms with Crippen LogP contribution < -0.4 is 5.32 Å². The average molecular weight is 349 g/mol. The molecule has 2 rings (SSSR count). The monoisotopic (exact) mass is 348 g/mol. The molecule has 1 N–H and O–H groups in total. The van der Waals surface area contributed by atoms with Gasteiger partial charge in [-0.05, 0) is 18.9 Å². The van der Waals surface area contributed by atoms with Gasteiger partial charge in [-0.15, -0.1) is 0 Å². The van der Waals surface area contributed by atoms with Gasteiger partial charge in [0.2, 0.25) is 12.2 Å². The van der Waals surface area contributed by atoms with Crippen molar-refractivity contribution in [2.75, 3.05) is 11.9 Å². The summed E-state index contributed by atoms with van der Waals surface area (Å²) in [5.74, 6) is 1.87. The standard InChI is InChI=1S/C21H36N2O2/c1-3-5-7-8-9-10-11-12-14-19-16-18-17-22-21(23-20(18)25-19)24-15-13-6-4-2/h16-17,21,23H,3-15H2,1-2H3. The third kappa shape index (κ3) is 7.64. The number of anilines is 1. The van der Waals surface area contributed by atoms with E-state index in [1.54, 1.807) is 0 Å². The minimum Gasteiger partial charge on any atom is -0.445 e. The Morgan fingerprint density at radius 1 is 0.960 bits per heavy atom. The highest BCUT2D eigenvalue weighted by molar-refractivity contribution is 5.87. The van der Waals surface area contributed by atoms with Gasteiger partial charge in [0.25, 0.3) is 0 Å². The second kappa shape index (κ2) is 12.1. The molecular formula is C21H36N2O2. The largest absolute Gasteiger partial charge is 0.445 e. The van der Waals surface area contributed by atoms with Crippen LogP contribution in [0.1, 0.15) is 95.8 Å². The van der Waals surface area contributed by atoms with Crippen LogP contribution in [0.25, 0.3) is 0 Å². The lowest BCUT2D eigenvalue weighted by molar-refractivity contribution is 0.0736. The van der Waals surface area contributed by atoms with E-state index in [4.69, 9.17) is 9.15 Å². The maximum Gasteiger partial charge on any atom is 0.227 e. The Morgan fingerprint density at radius 2 is 1.64 bits per heavy atom. The summed E-state index contributed by atoms with van der Waals surface area (Å²) in [7, 11) is 0. The number of nitrogens with zero attached hydrogens (tertiary/aromatic N) is 1. The number of furan rings is 1. The van der Waals surface area contributed by atoms with E-state index < -0.39 is 0 Å². The molecule has 0 saturated carbocycles. The summed E-state index contributed by atoms with van der Waals surface area (Å²) in [5.41, 5.74) is 1.04. The van der Waals surface area contributed by atoms with Crippen LogP contribution in [0.5, 0.6) is 0 Å². The molecule has 4 nitrogen and oxygen atoms in total. The van der Waals surface area contributed by atoms with Crippen molar-refractivity contribution in [2.45, 2.75) is 97.2 Å². The molecule has 1 aromatic rings. The van der Waals surface area contributed by atoms with E-state index in [2.05, 4.69) is 30.2 Å². The Hall–Kier alpha value is -1.29. The Bertz CT molecular complexity index is 496. The van der Waals surface area contributed by atoms with E-state index >= 15 is 0 Å². The first-order chi connectivity index (χ1) is 12.3. The molecule has 1 aliphatic rings. The summed E-state index contributed by atoms with van der Waals surface area (Å²) >= 11 is 0. The van der Waals surface area contributed by atoms with Crippen molar-refractivity contribution >= 4 is 12.1 Å². The molecule has 1 aromatic heterocycles. The Morgan fingerprint density at radius 3 is 2.40 bits per heavy atom. The number of unbranched alkanes of at least 4 members (excludes halogenated alkanes) is 9. The maximum absolute atomic E-state index is 5.94. The molecule has 142 valence electrons. The average Bonchev–Trinajstić information content (AvgIpc) is 3.03. The van der Waals surface area contributed by atoms with Crippen LogP contribution in [-0.4, -0.2) is 19.2 Å². The van der Waals surface area contributed by atoms with Crippen molar-refractivity contribution in [3.63, 3.8) is 0 Å². The van der Waals surface area contributed by atoms with E-state index in [0.717, 1.165) is 36.7 Å². The normalized spacial score (nSPS) is 16.0.